The van der Waals surface area contributed by atoms with Gasteiger partial charge in [-0.15, -0.1) is 0 Å². The normalized spacial score (nSPS) is 36.9. The van der Waals surface area contributed by atoms with E-state index in [1.54, 1.807) is 7.11 Å². The zero-order chi connectivity index (χ0) is 13.2. The minimum atomic E-state index is -0.154. The van der Waals surface area contributed by atoms with E-state index in [0.717, 1.165) is 45.4 Å². The maximum Gasteiger partial charge on any atom is 0.230 e. The standard InChI is InChI=1S/C14H26N2O2/c1-4-14(6-7-15-10-14)13(17)16-8-5-11(2)12(9-16)18-3/h11-12,15H,4-10H2,1-3H3. The van der Waals surface area contributed by atoms with Crippen LogP contribution in [-0.2, 0) is 9.53 Å². The number of hydrogen-bond acceptors (Lipinski definition) is 3. The molecule has 0 saturated carbocycles. The Labute approximate surface area is 110 Å². The van der Waals surface area contributed by atoms with Gasteiger partial charge in [0.05, 0.1) is 11.5 Å². The second-order valence-electron chi connectivity index (χ2n) is 5.85. The fraction of sp³-hybridized carbons (Fsp3) is 0.929. The van der Waals surface area contributed by atoms with Gasteiger partial charge in [-0.25, -0.2) is 0 Å². The van der Waals surface area contributed by atoms with Gasteiger partial charge in [-0.2, -0.15) is 0 Å². The third-order valence-corrected chi connectivity index (χ3v) is 4.85. The van der Waals surface area contributed by atoms with Gasteiger partial charge in [0.15, 0.2) is 0 Å². The maximum absolute atomic E-state index is 12.8. The lowest BCUT2D eigenvalue weighted by atomic mass is 9.81. The minimum absolute atomic E-state index is 0.154. The first-order chi connectivity index (χ1) is 8.63. The van der Waals surface area contributed by atoms with Crippen molar-refractivity contribution in [3.63, 3.8) is 0 Å². The van der Waals surface area contributed by atoms with Gasteiger partial charge in [0.25, 0.3) is 0 Å². The topological polar surface area (TPSA) is 41.6 Å². The minimum Gasteiger partial charge on any atom is -0.379 e. The molecule has 0 spiro atoms. The molecule has 2 aliphatic rings. The highest BCUT2D eigenvalue weighted by molar-refractivity contribution is 5.83. The van der Waals surface area contributed by atoms with E-state index in [1.165, 1.54) is 0 Å². The summed E-state index contributed by atoms with van der Waals surface area (Å²) in [6.45, 7) is 7.80. The molecule has 2 rings (SSSR count). The monoisotopic (exact) mass is 254 g/mol. The number of hydrogen-bond donors (Lipinski definition) is 1. The van der Waals surface area contributed by atoms with Crippen molar-refractivity contribution in [1.29, 1.82) is 0 Å². The Kier molecular flexibility index (Phi) is 4.28. The van der Waals surface area contributed by atoms with Gasteiger partial charge in [-0.3, -0.25) is 4.79 Å². The Hall–Kier alpha value is -0.610. The molecule has 0 radical (unpaired) electrons. The number of rotatable bonds is 3. The van der Waals surface area contributed by atoms with Crippen molar-refractivity contribution in [2.45, 2.75) is 39.2 Å². The van der Waals surface area contributed by atoms with Crippen molar-refractivity contribution < 1.29 is 9.53 Å². The molecule has 2 fully saturated rings. The number of carbonyl (C=O) groups is 1. The van der Waals surface area contributed by atoms with Crippen LogP contribution < -0.4 is 5.32 Å². The lowest BCUT2D eigenvalue weighted by molar-refractivity contribution is -0.146. The summed E-state index contributed by atoms with van der Waals surface area (Å²) >= 11 is 0. The third-order valence-electron chi connectivity index (χ3n) is 4.85. The number of carbonyl (C=O) groups excluding carboxylic acids is 1. The largest absolute Gasteiger partial charge is 0.379 e. The first-order valence-electron chi connectivity index (χ1n) is 7.16. The van der Waals surface area contributed by atoms with Crippen molar-refractivity contribution in [3.05, 3.63) is 0 Å². The molecule has 0 bridgehead atoms. The average molecular weight is 254 g/mol. The molecule has 1 N–H and O–H groups in total. The number of nitrogens with zero attached hydrogens (tertiary/aromatic N) is 1. The molecule has 0 aromatic rings. The molecule has 0 aliphatic carbocycles. The van der Waals surface area contributed by atoms with Crippen LogP contribution in [0.15, 0.2) is 0 Å². The Morgan fingerprint density at radius 2 is 2.33 bits per heavy atom. The number of methoxy groups -OCH3 is 1. The lowest BCUT2D eigenvalue weighted by Crippen LogP contribution is -2.52. The van der Waals surface area contributed by atoms with Gasteiger partial charge in [0.1, 0.15) is 0 Å². The first-order valence-corrected chi connectivity index (χ1v) is 7.16. The van der Waals surface area contributed by atoms with Crippen LogP contribution in [0.2, 0.25) is 0 Å². The molecule has 4 nitrogen and oxygen atoms in total. The molecule has 4 heteroatoms. The van der Waals surface area contributed by atoms with Crippen LogP contribution in [-0.4, -0.2) is 50.2 Å². The summed E-state index contributed by atoms with van der Waals surface area (Å²) in [6.07, 6.45) is 3.16. The number of amides is 1. The van der Waals surface area contributed by atoms with Crippen molar-refractivity contribution in [2.24, 2.45) is 11.3 Å². The van der Waals surface area contributed by atoms with E-state index in [-0.39, 0.29) is 11.5 Å². The predicted molar refractivity (Wildman–Crippen MR) is 71.4 cm³/mol. The van der Waals surface area contributed by atoms with E-state index in [2.05, 4.69) is 19.2 Å². The molecular weight excluding hydrogens is 228 g/mol. The summed E-state index contributed by atoms with van der Waals surface area (Å²) in [4.78, 5) is 14.8. The second-order valence-corrected chi connectivity index (χ2v) is 5.85. The summed E-state index contributed by atoms with van der Waals surface area (Å²) < 4.78 is 5.50. The highest BCUT2D eigenvalue weighted by atomic mass is 16.5. The van der Waals surface area contributed by atoms with Crippen LogP contribution >= 0.6 is 0 Å². The molecule has 0 aromatic heterocycles. The zero-order valence-electron chi connectivity index (χ0n) is 11.9. The van der Waals surface area contributed by atoms with Gasteiger partial charge in [0.2, 0.25) is 5.91 Å². The summed E-state index contributed by atoms with van der Waals surface area (Å²) in [5, 5.41) is 3.34. The second kappa shape index (κ2) is 5.57. The maximum atomic E-state index is 12.8. The Morgan fingerprint density at radius 3 is 2.89 bits per heavy atom. The van der Waals surface area contributed by atoms with Crippen LogP contribution in [0.4, 0.5) is 0 Å². The molecular formula is C14H26N2O2. The summed E-state index contributed by atoms with van der Waals surface area (Å²) in [5.74, 6) is 0.891. The van der Waals surface area contributed by atoms with Crippen LogP contribution in [0.3, 0.4) is 0 Å². The number of nitrogens with one attached hydrogen (secondary N) is 1. The highest BCUT2D eigenvalue weighted by Crippen LogP contribution is 2.33. The summed E-state index contributed by atoms with van der Waals surface area (Å²) in [6, 6.07) is 0. The lowest BCUT2D eigenvalue weighted by Gasteiger charge is -2.40. The van der Waals surface area contributed by atoms with Crippen molar-refractivity contribution in [3.8, 4) is 0 Å². The Morgan fingerprint density at radius 1 is 1.56 bits per heavy atom. The van der Waals surface area contributed by atoms with Crippen LogP contribution in [0, 0.1) is 11.3 Å². The van der Waals surface area contributed by atoms with Crippen molar-refractivity contribution in [2.75, 3.05) is 33.3 Å². The quantitative estimate of drug-likeness (QED) is 0.824. The molecule has 0 aromatic carbocycles. The van der Waals surface area contributed by atoms with Crippen LogP contribution in [0.1, 0.15) is 33.1 Å². The number of piperidine rings is 1. The SMILES string of the molecule is CCC1(C(=O)N2CCC(C)C(OC)C2)CCNC1. The summed E-state index contributed by atoms with van der Waals surface area (Å²) in [7, 11) is 1.75. The molecule has 18 heavy (non-hydrogen) atoms. The van der Waals surface area contributed by atoms with Gasteiger partial charge in [0, 0.05) is 26.7 Å². The molecule has 104 valence electrons. The van der Waals surface area contributed by atoms with Crippen molar-refractivity contribution in [1.82, 2.24) is 10.2 Å². The van der Waals surface area contributed by atoms with E-state index in [1.807, 2.05) is 4.90 Å². The van der Waals surface area contributed by atoms with Gasteiger partial charge < -0.3 is 15.0 Å². The van der Waals surface area contributed by atoms with Gasteiger partial charge >= 0.3 is 0 Å². The van der Waals surface area contributed by atoms with Gasteiger partial charge in [-0.1, -0.05) is 13.8 Å². The smallest absolute Gasteiger partial charge is 0.230 e. The molecule has 2 aliphatic heterocycles. The van der Waals surface area contributed by atoms with E-state index in [9.17, 15) is 4.79 Å². The molecule has 3 unspecified atom stereocenters. The van der Waals surface area contributed by atoms with E-state index in [4.69, 9.17) is 4.74 Å². The highest BCUT2D eigenvalue weighted by Gasteiger charge is 2.43. The van der Waals surface area contributed by atoms with Crippen molar-refractivity contribution >= 4 is 5.91 Å². The third kappa shape index (κ3) is 2.41. The molecule has 1 amide bonds. The van der Waals surface area contributed by atoms with E-state index in [0.29, 0.717) is 11.8 Å². The Balaban J connectivity index is 2.04. The number of ether oxygens (including phenoxy) is 1. The fourth-order valence-electron chi connectivity index (χ4n) is 3.24. The van der Waals surface area contributed by atoms with Crippen LogP contribution in [0.5, 0.6) is 0 Å². The first kappa shape index (κ1) is 13.8. The molecule has 3 atom stereocenters. The van der Waals surface area contributed by atoms with E-state index >= 15 is 0 Å². The molecule has 2 heterocycles. The van der Waals surface area contributed by atoms with Crippen LogP contribution in [0.25, 0.3) is 0 Å². The number of likely N-dealkylation sites (tertiary alicyclic amines) is 1. The fourth-order valence-corrected chi connectivity index (χ4v) is 3.24. The molecule has 2 saturated heterocycles. The Bertz CT molecular complexity index is 300. The average Bonchev–Trinajstić information content (AvgIpc) is 2.88. The van der Waals surface area contributed by atoms with Gasteiger partial charge in [-0.05, 0) is 31.7 Å². The van der Waals surface area contributed by atoms with E-state index < -0.39 is 0 Å². The summed E-state index contributed by atoms with van der Waals surface area (Å²) in [5.41, 5.74) is -0.154. The zero-order valence-corrected chi connectivity index (χ0v) is 11.9. The predicted octanol–water partition coefficient (Wildman–Crippen LogP) is 1.26.